The van der Waals surface area contributed by atoms with E-state index in [-0.39, 0.29) is 30.4 Å². The van der Waals surface area contributed by atoms with Crippen molar-refractivity contribution in [1.29, 1.82) is 0 Å². The fourth-order valence-corrected chi connectivity index (χ4v) is 2.46. The number of nitrogens with zero attached hydrogens (tertiary/aromatic N) is 1. The van der Waals surface area contributed by atoms with E-state index in [0.29, 0.717) is 30.0 Å². The smallest absolute Gasteiger partial charge is 0.271 e. The molecule has 2 amide bonds. The number of ether oxygens (including phenoxy) is 1. The number of hydrogen-bond acceptors (Lipinski definition) is 5. The summed E-state index contributed by atoms with van der Waals surface area (Å²) in [6, 6.07) is 4.99. The van der Waals surface area contributed by atoms with Crippen LogP contribution in [-0.2, 0) is 9.59 Å². The van der Waals surface area contributed by atoms with E-state index in [9.17, 15) is 9.59 Å². The highest BCUT2D eigenvalue weighted by Gasteiger charge is 2.40. The molecule has 0 spiro atoms. The van der Waals surface area contributed by atoms with Crippen molar-refractivity contribution < 1.29 is 14.3 Å². The van der Waals surface area contributed by atoms with Crippen LogP contribution in [0.2, 0.25) is 0 Å². The minimum atomic E-state index is -0.358. The molecule has 1 heterocycles. The van der Waals surface area contributed by atoms with Gasteiger partial charge in [0, 0.05) is 17.6 Å². The van der Waals surface area contributed by atoms with Gasteiger partial charge < -0.3 is 16.2 Å². The molecule has 4 N–H and O–H groups in total. The third kappa shape index (κ3) is 1.94. The molecule has 1 aromatic carbocycles. The van der Waals surface area contributed by atoms with Crippen molar-refractivity contribution in [2.45, 2.75) is 18.9 Å². The van der Waals surface area contributed by atoms with Gasteiger partial charge >= 0.3 is 0 Å². The minimum absolute atomic E-state index is 0.0606. The third-order valence-electron chi connectivity index (χ3n) is 3.57. The molecular formula is C13H15N3O3. The molecule has 0 bridgehead atoms. The zero-order valence-corrected chi connectivity index (χ0v) is 10.3. The Hall–Kier alpha value is -2.08. The Morgan fingerprint density at radius 1 is 1.37 bits per heavy atom. The topological polar surface area (TPSA) is 98.6 Å². The summed E-state index contributed by atoms with van der Waals surface area (Å²) in [6.07, 6.45) is 1.25. The van der Waals surface area contributed by atoms with Crippen LogP contribution >= 0.6 is 0 Å². The van der Waals surface area contributed by atoms with Gasteiger partial charge in [-0.2, -0.15) is 0 Å². The zero-order chi connectivity index (χ0) is 13.6. The fourth-order valence-electron chi connectivity index (χ4n) is 2.46. The highest BCUT2D eigenvalue weighted by molar-refractivity contribution is 6.18. The van der Waals surface area contributed by atoms with E-state index in [1.807, 2.05) is 0 Å². The van der Waals surface area contributed by atoms with Gasteiger partial charge in [0.2, 0.25) is 5.91 Å². The maximum atomic E-state index is 12.4. The van der Waals surface area contributed by atoms with E-state index < -0.39 is 0 Å². The van der Waals surface area contributed by atoms with Crippen LogP contribution in [-0.4, -0.2) is 24.5 Å². The van der Waals surface area contributed by atoms with E-state index in [1.54, 1.807) is 18.2 Å². The Bertz CT molecular complexity index is 552. The molecule has 0 radical (unpaired) electrons. The quantitative estimate of drug-likeness (QED) is 0.558. The Labute approximate surface area is 110 Å². The molecule has 1 aliphatic heterocycles. The number of rotatable bonds is 1. The van der Waals surface area contributed by atoms with Gasteiger partial charge in [0.25, 0.3) is 5.91 Å². The lowest BCUT2D eigenvalue weighted by molar-refractivity contribution is -0.132. The highest BCUT2D eigenvalue weighted by Crippen LogP contribution is 2.37. The van der Waals surface area contributed by atoms with Crippen LogP contribution in [0.15, 0.2) is 18.2 Å². The molecule has 1 fully saturated rings. The second-order valence-corrected chi connectivity index (χ2v) is 5.01. The van der Waals surface area contributed by atoms with Crippen LogP contribution in [0.3, 0.4) is 0 Å². The summed E-state index contributed by atoms with van der Waals surface area (Å²) in [5.41, 5.74) is 12.3. The molecule has 1 aromatic rings. The van der Waals surface area contributed by atoms with Crippen LogP contribution in [0.4, 0.5) is 11.4 Å². The number of hydrogen-bond donors (Lipinski definition) is 2. The van der Waals surface area contributed by atoms with Gasteiger partial charge in [-0.1, -0.05) is 0 Å². The lowest BCUT2D eigenvalue weighted by Gasteiger charge is -2.36. The van der Waals surface area contributed by atoms with Crippen LogP contribution in [0, 0.1) is 5.92 Å². The second kappa shape index (κ2) is 4.24. The summed E-state index contributed by atoms with van der Waals surface area (Å²) in [5.74, 6) is -0.234. The number of carbonyl (C=O) groups excluding carboxylic acids is 2. The van der Waals surface area contributed by atoms with Crippen molar-refractivity contribution in [1.82, 2.24) is 0 Å². The molecule has 0 aromatic heterocycles. The van der Waals surface area contributed by atoms with Crippen LogP contribution < -0.4 is 21.1 Å². The Morgan fingerprint density at radius 3 is 2.79 bits per heavy atom. The molecular weight excluding hydrogens is 246 g/mol. The van der Waals surface area contributed by atoms with Crippen molar-refractivity contribution in [3.63, 3.8) is 0 Å². The molecule has 6 heteroatoms. The van der Waals surface area contributed by atoms with Gasteiger partial charge in [0.05, 0.1) is 5.69 Å². The van der Waals surface area contributed by atoms with Gasteiger partial charge in [-0.25, -0.2) is 4.90 Å². The first-order valence-electron chi connectivity index (χ1n) is 6.21. The van der Waals surface area contributed by atoms with E-state index in [1.165, 1.54) is 4.90 Å². The van der Waals surface area contributed by atoms with Crippen LogP contribution in [0.25, 0.3) is 0 Å². The molecule has 3 rings (SSSR count). The zero-order valence-electron chi connectivity index (χ0n) is 10.3. The number of nitrogens with two attached hydrogens (primary N) is 2. The van der Waals surface area contributed by atoms with Crippen molar-refractivity contribution in [3.05, 3.63) is 18.2 Å². The SMILES string of the molecule is Nc1ccc2c(c1)N(C(=O)C1CC(N)C1)C(=O)CO2. The monoisotopic (exact) mass is 261 g/mol. The standard InChI is InChI=1S/C13H15N3O3/c14-8-1-2-11-10(5-8)16(12(17)6-19-11)13(18)7-3-9(15)4-7/h1-2,5,7,9H,3-4,6,14-15H2. The Balaban J connectivity index is 1.94. The molecule has 19 heavy (non-hydrogen) atoms. The Morgan fingerprint density at radius 2 is 2.11 bits per heavy atom. The van der Waals surface area contributed by atoms with E-state index in [4.69, 9.17) is 16.2 Å². The number of imide groups is 1. The summed E-state index contributed by atoms with van der Waals surface area (Å²) in [4.78, 5) is 25.5. The number of benzene rings is 1. The predicted molar refractivity (Wildman–Crippen MR) is 69.5 cm³/mol. The number of fused-ring (bicyclic) bond motifs is 1. The first-order valence-corrected chi connectivity index (χ1v) is 6.21. The molecule has 0 atom stereocenters. The lowest BCUT2D eigenvalue weighted by Crippen LogP contribution is -2.51. The van der Waals surface area contributed by atoms with Gasteiger partial charge in [0.1, 0.15) is 5.75 Å². The Kier molecular flexibility index (Phi) is 2.67. The molecule has 100 valence electrons. The predicted octanol–water partition coefficient (Wildman–Crippen LogP) is 0.258. The largest absolute Gasteiger partial charge is 0.482 e. The number of nitrogen functional groups attached to an aromatic ring is 1. The first-order chi connectivity index (χ1) is 9.06. The number of carbonyl (C=O) groups is 2. The van der Waals surface area contributed by atoms with Crippen molar-refractivity contribution in [2.75, 3.05) is 17.2 Å². The molecule has 6 nitrogen and oxygen atoms in total. The summed E-state index contributed by atoms with van der Waals surface area (Å²) in [5, 5.41) is 0. The second-order valence-electron chi connectivity index (χ2n) is 5.01. The van der Waals surface area contributed by atoms with Crippen molar-refractivity contribution in [3.8, 4) is 5.75 Å². The molecule has 0 unspecified atom stereocenters. The molecule has 1 saturated carbocycles. The van der Waals surface area contributed by atoms with Gasteiger partial charge in [-0.3, -0.25) is 9.59 Å². The first kappa shape index (κ1) is 12.0. The summed E-state index contributed by atoms with van der Waals surface area (Å²) in [6.45, 7) is -0.124. The van der Waals surface area contributed by atoms with Gasteiger partial charge in [-0.05, 0) is 31.0 Å². The fraction of sp³-hybridized carbons (Fsp3) is 0.385. The number of anilines is 2. The van der Waals surface area contributed by atoms with E-state index in [2.05, 4.69) is 0 Å². The maximum Gasteiger partial charge on any atom is 0.271 e. The van der Waals surface area contributed by atoms with Crippen LogP contribution in [0.1, 0.15) is 12.8 Å². The molecule has 2 aliphatic rings. The van der Waals surface area contributed by atoms with Crippen LogP contribution in [0.5, 0.6) is 5.75 Å². The average molecular weight is 261 g/mol. The molecule has 1 aliphatic carbocycles. The normalized spacial score (nSPS) is 25.3. The van der Waals surface area contributed by atoms with Gasteiger partial charge in [-0.15, -0.1) is 0 Å². The van der Waals surface area contributed by atoms with E-state index in [0.717, 1.165) is 0 Å². The third-order valence-corrected chi connectivity index (χ3v) is 3.57. The van der Waals surface area contributed by atoms with E-state index >= 15 is 0 Å². The highest BCUT2D eigenvalue weighted by atomic mass is 16.5. The minimum Gasteiger partial charge on any atom is -0.482 e. The average Bonchev–Trinajstić information content (AvgIpc) is 2.34. The van der Waals surface area contributed by atoms with Gasteiger partial charge in [0.15, 0.2) is 6.61 Å². The number of amides is 2. The maximum absolute atomic E-state index is 12.4. The summed E-state index contributed by atoms with van der Waals surface area (Å²) >= 11 is 0. The van der Waals surface area contributed by atoms with Crippen molar-refractivity contribution >= 4 is 23.2 Å². The lowest BCUT2D eigenvalue weighted by atomic mass is 9.80. The van der Waals surface area contributed by atoms with Crippen molar-refractivity contribution in [2.24, 2.45) is 11.7 Å². The summed E-state index contributed by atoms with van der Waals surface area (Å²) in [7, 11) is 0. The molecule has 0 saturated heterocycles. The summed E-state index contributed by atoms with van der Waals surface area (Å²) < 4.78 is 5.30.